The Labute approximate surface area is 174 Å². The molecule has 0 bridgehead atoms. The molecule has 2 aliphatic rings. The second-order valence-corrected chi connectivity index (χ2v) is 14.2. The summed E-state index contributed by atoms with van der Waals surface area (Å²) < 4.78 is 5.43. The third-order valence-electron chi connectivity index (χ3n) is 4.75. The summed E-state index contributed by atoms with van der Waals surface area (Å²) in [4.78, 5) is 19.1. The van der Waals surface area contributed by atoms with Crippen molar-refractivity contribution in [3.05, 3.63) is 30.6 Å². The van der Waals surface area contributed by atoms with Crippen molar-refractivity contribution < 1.29 is 4.74 Å². The van der Waals surface area contributed by atoms with Gasteiger partial charge in [0.2, 0.25) is 0 Å². The van der Waals surface area contributed by atoms with Gasteiger partial charge in [0, 0.05) is 13.1 Å². The van der Waals surface area contributed by atoms with E-state index < -0.39 is 0 Å². The van der Waals surface area contributed by atoms with E-state index >= 15 is 0 Å². The summed E-state index contributed by atoms with van der Waals surface area (Å²) in [6.07, 6.45) is 1.67. The fourth-order valence-electron chi connectivity index (χ4n) is 3.29. The van der Waals surface area contributed by atoms with E-state index in [0.717, 1.165) is 69.6 Å². The molecule has 2 aromatic heterocycles. The van der Waals surface area contributed by atoms with Gasteiger partial charge in [-0.05, 0) is 0 Å². The van der Waals surface area contributed by atoms with Gasteiger partial charge in [-0.2, -0.15) is 0 Å². The predicted octanol–water partition coefficient (Wildman–Crippen LogP) is 1.89. The normalized spacial score (nSPS) is 17.9. The molecular weight excluding hydrogens is 488 g/mol. The van der Waals surface area contributed by atoms with E-state index in [4.69, 9.17) is 9.72 Å². The fourth-order valence-corrected chi connectivity index (χ4v) is 11.7. The van der Waals surface area contributed by atoms with E-state index in [2.05, 4.69) is 54.8 Å². The number of morpholine rings is 1. The Morgan fingerprint density at radius 3 is 2.64 bits per heavy atom. The van der Waals surface area contributed by atoms with Crippen LogP contribution in [-0.2, 0) is 4.74 Å². The Morgan fingerprint density at radius 1 is 1.07 bits per heavy atom. The van der Waals surface area contributed by atoms with Gasteiger partial charge in [-0.15, -0.1) is 0 Å². The van der Waals surface area contributed by atoms with E-state index in [9.17, 15) is 0 Å². The molecule has 0 saturated carbocycles. The number of benzene rings is 1. The van der Waals surface area contributed by atoms with Crippen LogP contribution in [0.15, 0.2) is 30.6 Å². The van der Waals surface area contributed by atoms with Crippen molar-refractivity contribution in [2.45, 2.75) is 16.7 Å². The van der Waals surface area contributed by atoms with Crippen LogP contribution < -0.4 is 15.5 Å². The number of rotatable bonds is 5. The zero-order chi connectivity index (χ0) is 18.8. The summed E-state index contributed by atoms with van der Waals surface area (Å²) in [6.45, 7) is 3.45. The van der Waals surface area contributed by atoms with Gasteiger partial charge >= 0.3 is 143 Å². The maximum absolute atomic E-state index is 5.43. The van der Waals surface area contributed by atoms with Crippen LogP contribution in [0.1, 0.15) is 0 Å². The second kappa shape index (κ2) is 8.27. The van der Waals surface area contributed by atoms with Crippen molar-refractivity contribution in [2.24, 2.45) is 0 Å². The van der Waals surface area contributed by atoms with Crippen LogP contribution in [0, 0.1) is 0 Å². The number of nitrogens with one attached hydrogen (secondary N) is 3. The molecule has 3 aromatic rings. The third kappa shape index (κ3) is 3.97. The van der Waals surface area contributed by atoms with Gasteiger partial charge in [-0.1, -0.05) is 0 Å². The molecule has 0 atom stereocenters. The van der Waals surface area contributed by atoms with Crippen molar-refractivity contribution in [3.8, 4) is 0 Å². The standard InChI is InChI=1S/C18H21N7OSe2/c1-3-14(25-5-7-26-8-6-25)4-2-12(1)22-18-23-16-15(19-11-20-16)17(24-18)21-13-9-27-28-10-13/h1-4,11,13H,5-10H2,(H3,19,20,21,22,23,24). The van der Waals surface area contributed by atoms with Gasteiger partial charge < -0.3 is 4.74 Å². The molecule has 2 saturated heterocycles. The minimum atomic E-state index is 0.530. The first-order valence-corrected chi connectivity index (χ1v) is 16.0. The molecule has 0 spiro atoms. The van der Waals surface area contributed by atoms with Gasteiger partial charge in [0.05, 0.1) is 13.2 Å². The Hall–Kier alpha value is -1.83. The molecule has 0 unspecified atom stereocenters. The molecule has 2 fully saturated rings. The van der Waals surface area contributed by atoms with E-state index in [-0.39, 0.29) is 0 Å². The van der Waals surface area contributed by atoms with Crippen LogP contribution in [-0.4, -0.2) is 78.5 Å². The number of fused-ring (bicyclic) bond motifs is 1. The minimum absolute atomic E-state index is 0.530. The molecule has 2 aliphatic heterocycles. The average molecular weight is 509 g/mol. The number of hydrogen-bond donors (Lipinski definition) is 3. The second-order valence-electron chi connectivity index (χ2n) is 6.68. The maximum atomic E-state index is 5.43. The molecule has 0 aliphatic carbocycles. The van der Waals surface area contributed by atoms with Crippen LogP contribution in [0.3, 0.4) is 0 Å². The summed E-state index contributed by atoms with van der Waals surface area (Å²) in [5, 5.41) is 9.48. The number of hydrogen-bond acceptors (Lipinski definition) is 7. The van der Waals surface area contributed by atoms with Crippen molar-refractivity contribution in [1.82, 2.24) is 19.9 Å². The number of imidazole rings is 1. The van der Waals surface area contributed by atoms with Gasteiger partial charge in [0.1, 0.15) is 0 Å². The van der Waals surface area contributed by atoms with Crippen LogP contribution >= 0.6 is 0 Å². The third-order valence-corrected chi connectivity index (χ3v) is 12.1. The van der Waals surface area contributed by atoms with Crippen LogP contribution in [0.5, 0.6) is 0 Å². The van der Waals surface area contributed by atoms with Gasteiger partial charge in [-0.3, -0.25) is 0 Å². The van der Waals surface area contributed by atoms with Crippen LogP contribution in [0.2, 0.25) is 10.6 Å². The van der Waals surface area contributed by atoms with Crippen LogP contribution in [0.4, 0.5) is 23.1 Å². The summed E-state index contributed by atoms with van der Waals surface area (Å²) >= 11 is 1.63. The molecule has 8 nitrogen and oxygen atoms in total. The number of nitrogens with zero attached hydrogens (tertiary/aromatic N) is 4. The molecule has 28 heavy (non-hydrogen) atoms. The van der Waals surface area contributed by atoms with Crippen molar-refractivity contribution >= 4 is 60.6 Å². The zero-order valence-corrected chi connectivity index (χ0v) is 18.6. The fraction of sp³-hybridized carbons (Fsp3) is 0.389. The van der Waals surface area contributed by atoms with Crippen LogP contribution in [0.25, 0.3) is 11.2 Å². The molecule has 3 N–H and O–H groups in total. The predicted molar refractivity (Wildman–Crippen MR) is 113 cm³/mol. The molecule has 4 heterocycles. The topological polar surface area (TPSA) is 91.0 Å². The first kappa shape index (κ1) is 18.2. The molecule has 0 amide bonds. The quantitative estimate of drug-likeness (QED) is 0.453. The summed E-state index contributed by atoms with van der Waals surface area (Å²) in [7, 11) is 0. The van der Waals surface area contributed by atoms with Crippen molar-refractivity contribution in [2.75, 3.05) is 41.8 Å². The summed E-state index contributed by atoms with van der Waals surface area (Å²) in [6, 6.07) is 8.92. The Balaban J connectivity index is 1.35. The van der Waals surface area contributed by atoms with E-state index in [1.54, 1.807) is 6.33 Å². The Bertz CT molecular complexity index is 937. The molecule has 10 heteroatoms. The van der Waals surface area contributed by atoms with E-state index in [1.165, 1.54) is 16.3 Å². The zero-order valence-electron chi connectivity index (χ0n) is 15.2. The average Bonchev–Trinajstić information content (AvgIpc) is 3.41. The molecule has 5 rings (SSSR count). The number of H-pyrrole nitrogens is 1. The van der Waals surface area contributed by atoms with Gasteiger partial charge in [0.25, 0.3) is 0 Å². The van der Waals surface area contributed by atoms with E-state index in [1.807, 2.05) is 0 Å². The Morgan fingerprint density at radius 2 is 1.86 bits per heavy atom. The summed E-state index contributed by atoms with van der Waals surface area (Å²) in [5.41, 5.74) is 3.73. The number of aromatic amines is 1. The van der Waals surface area contributed by atoms with Crippen molar-refractivity contribution in [3.63, 3.8) is 0 Å². The number of aromatic nitrogens is 4. The molecule has 146 valence electrons. The van der Waals surface area contributed by atoms with Gasteiger partial charge in [0.15, 0.2) is 0 Å². The number of anilines is 4. The Kier molecular flexibility index (Phi) is 5.38. The van der Waals surface area contributed by atoms with Crippen molar-refractivity contribution in [1.29, 1.82) is 0 Å². The SMILES string of the molecule is c1nc2nc(Nc3ccc(N4CCOCC4)cc3)nc(NC3C[Se][Se]C3)c2[nH]1. The molecular formula is C18H21N7OSe2. The first-order chi connectivity index (χ1) is 13.8. The summed E-state index contributed by atoms with van der Waals surface area (Å²) in [5.74, 6) is 1.41. The number of ether oxygens (including phenoxy) is 1. The molecule has 1 aromatic carbocycles. The van der Waals surface area contributed by atoms with E-state index in [0.29, 0.717) is 17.6 Å². The monoisotopic (exact) mass is 511 g/mol. The first-order valence-electron chi connectivity index (χ1n) is 9.27. The van der Waals surface area contributed by atoms with Gasteiger partial charge in [-0.25, -0.2) is 0 Å². The molecule has 0 radical (unpaired) electrons.